The molecule has 0 aliphatic rings. The maximum absolute atomic E-state index is 12.9. The number of nitrogens with zero attached hydrogens (tertiary/aromatic N) is 1. The van der Waals surface area contributed by atoms with E-state index in [9.17, 15) is 14.9 Å². The minimum atomic E-state index is -0.441. The molecular formula is C24H22N2O3S. The highest BCUT2D eigenvalue weighted by atomic mass is 32.2. The van der Waals surface area contributed by atoms with Gasteiger partial charge in [0.05, 0.1) is 4.92 Å². The van der Waals surface area contributed by atoms with Crippen LogP contribution in [-0.2, 0) is 10.5 Å². The Balaban J connectivity index is 1.67. The van der Waals surface area contributed by atoms with Crippen molar-refractivity contribution in [2.24, 2.45) is 0 Å². The maximum Gasteiger partial charge on any atom is 0.270 e. The molecule has 0 aliphatic heterocycles. The summed E-state index contributed by atoms with van der Waals surface area (Å²) >= 11 is 1.76. The number of hydrogen-bond acceptors (Lipinski definition) is 4. The molecular weight excluding hydrogens is 396 g/mol. The summed E-state index contributed by atoms with van der Waals surface area (Å²) in [5.41, 5.74) is 3.09. The lowest BCUT2D eigenvalue weighted by molar-refractivity contribution is -0.384. The molecule has 0 saturated carbocycles. The second-order valence-electron chi connectivity index (χ2n) is 6.57. The zero-order chi connectivity index (χ0) is 21.2. The van der Waals surface area contributed by atoms with Crippen LogP contribution in [0, 0.1) is 10.1 Å². The molecule has 0 aromatic heterocycles. The Morgan fingerprint density at radius 3 is 2.37 bits per heavy atom. The first-order chi connectivity index (χ1) is 14.6. The summed E-state index contributed by atoms with van der Waals surface area (Å²) in [7, 11) is 0. The van der Waals surface area contributed by atoms with Crippen molar-refractivity contribution in [3.63, 3.8) is 0 Å². The number of rotatable bonds is 9. The predicted molar refractivity (Wildman–Crippen MR) is 123 cm³/mol. The Morgan fingerprint density at radius 1 is 0.967 bits per heavy atom. The summed E-state index contributed by atoms with van der Waals surface area (Å²) in [6.07, 6.45) is 1.69. The smallest absolute Gasteiger partial charge is 0.270 e. The fourth-order valence-electron chi connectivity index (χ4n) is 2.89. The van der Waals surface area contributed by atoms with Crippen LogP contribution in [0.25, 0.3) is 11.6 Å². The van der Waals surface area contributed by atoms with Crippen molar-refractivity contribution >= 4 is 35.0 Å². The van der Waals surface area contributed by atoms with Gasteiger partial charge in [0.15, 0.2) is 0 Å². The molecule has 0 spiro atoms. The van der Waals surface area contributed by atoms with Crippen LogP contribution in [-0.4, -0.2) is 23.1 Å². The van der Waals surface area contributed by atoms with Crippen LogP contribution < -0.4 is 5.32 Å². The summed E-state index contributed by atoms with van der Waals surface area (Å²) < 4.78 is 0. The van der Waals surface area contributed by atoms with Crippen molar-refractivity contribution in [2.45, 2.75) is 5.75 Å². The molecule has 152 valence electrons. The zero-order valence-electron chi connectivity index (χ0n) is 16.4. The molecule has 0 saturated heterocycles. The Hall–Kier alpha value is -3.38. The summed E-state index contributed by atoms with van der Waals surface area (Å²) in [4.78, 5) is 23.5. The van der Waals surface area contributed by atoms with Crippen LogP contribution in [0.3, 0.4) is 0 Å². The molecule has 3 aromatic carbocycles. The van der Waals surface area contributed by atoms with E-state index in [0.717, 1.165) is 17.1 Å². The van der Waals surface area contributed by atoms with E-state index < -0.39 is 4.92 Å². The highest BCUT2D eigenvalue weighted by molar-refractivity contribution is 7.98. The van der Waals surface area contributed by atoms with Gasteiger partial charge in [0.2, 0.25) is 0 Å². The summed E-state index contributed by atoms with van der Waals surface area (Å²) in [6, 6.07) is 25.8. The van der Waals surface area contributed by atoms with Gasteiger partial charge in [-0.05, 0) is 22.8 Å². The molecule has 3 aromatic rings. The van der Waals surface area contributed by atoms with Gasteiger partial charge in [-0.25, -0.2) is 0 Å². The van der Waals surface area contributed by atoms with E-state index in [1.165, 1.54) is 17.7 Å². The molecule has 30 heavy (non-hydrogen) atoms. The van der Waals surface area contributed by atoms with E-state index in [4.69, 9.17) is 0 Å². The number of nitro benzene ring substituents is 1. The lowest BCUT2D eigenvalue weighted by Crippen LogP contribution is -2.26. The molecule has 0 fully saturated rings. The van der Waals surface area contributed by atoms with Gasteiger partial charge in [-0.15, -0.1) is 0 Å². The number of benzene rings is 3. The molecule has 0 bridgehead atoms. The molecule has 0 heterocycles. The van der Waals surface area contributed by atoms with Crippen molar-refractivity contribution in [1.82, 2.24) is 5.32 Å². The zero-order valence-corrected chi connectivity index (χ0v) is 17.2. The third-order valence-electron chi connectivity index (χ3n) is 4.36. The molecule has 6 heteroatoms. The van der Waals surface area contributed by atoms with Crippen molar-refractivity contribution in [3.05, 3.63) is 112 Å². The van der Waals surface area contributed by atoms with Crippen LogP contribution in [0.5, 0.6) is 0 Å². The number of nitro groups is 1. The summed E-state index contributed by atoms with van der Waals surface area (Å²) in [6.45, 7) is 0.537. The highest BCUT2D eigenvalue weighted by Crippen LogP contribution is 2.21. The third kappa shape index (κ3) is 6.32. The van der Waals surface area contributed by atoms with E-state index in [1.807, 2.05) is 48.5 Å². The van der Waals surface area contributed by atoms with Gasteiger partial charge in [0.1, 0.15) is 0 Å². The van der Waals surface area contributed by atoms with Crippen LogP contribution >= 0.6 is 11.8 Å². The largest absolute Gasteiger partial charge is 0.351 e. The molecule has 3 rings (SSSR count). The monoisotopic (exact) mass is 418 g/mol. The number of amides is 1. The topological polar surface area (TPSA) is 72.2 Å². The highest BCUT2D eigenvalue weighted by Gasteiger charge is 2.13. The van der Waals surface area contributed by atoms with Gasteiger partial charge < -0.3 is 5.32 Å². The number of nitrogens with one attached hydrogen (secondary N) is 1. The molecule has 1 N–H and O–H groups in total. The van der Waals surface area contributed by atoms with Crippen molar-refractivity contribution in [1.29, 1.82) is 0 Å². The van der Waals surface area contributed by atoms with Crippen LogP contribution in [0.15, 0.2) is 84.9 Å². The van der Waals surface area contributed by atoms with Gasteiger partial charge >= 0.3 is 0 Å². The Labute approximate surface area is 180 Å². The van der Waals surface area contributed by atoms with E-state index in [2.05, 4.69) is 17.4 Å². The minimum absolute atomic E-state index is 0.00566. The first kappa shape index (κ1) is 21.3. The molecule has 0 aliphatic carbocycles. The Bertz CT molecular complexity index is 1020. The first-order valence-electron chi connectivity index (χ1n) is 9.55. The van der Waals surface area contributed by atoms with E-state index in [-0.39, 0.29) is 11.6 Å². The quantitative estimate of drug-likeness (QED) is 0.171. The molecule has 1 amide bonds. The van der Waals surface area contributed by atoms with E-state index in [0.29, 0.717) is 17.7 Å². The standard InChI is InChI=1S/C24H22N2O3S/c27-24(25-14-15-30-18-19-8-3-1-4-9-19)23(21-11-5-2-6-12-21)17-20-10-7-13-22(16-20)26(28)29/h1-13,16-17H,14-15,18H2,(H,25,27)/b23-17+. The van der Waals surface area contributed by atoms with Crippen LogP contribution in [0.4, 0.5) is 5.69 Å². The molecule has 0 radical (unpaired) electrons. The number of non-ortho nitro benzene ring substituents is 1. The summed E-state index contributed by atoms with van der Waals surface area (Å²) in [5.74, 6) is 1.48. The van der Waals surface area contributed by atoms with Gasteiger partial charge in [-0.1, -0.05) is 72.8 Å². The molecule has 0 unspecified atom stereocenters. The first-order valence-corrected chi connectivity index (χ1v) is 10.7. The van der Waals surface area contributed by atoms with Gasteiger partial charge in [0, 0.05) is 35.8 Å². The van der Waals surface area contributed by atoms with E-state index >= 15 is 0 Å². The Morgan fingerprint density at radius 2 is 1.67 bits per heavy atom. The number of thioether (sulfide) groups is 1. The second-order valence-corrected chi connectivity index (χ2v) is 7.68. The SMILES string of the molecule is O=C(NCCSCc1ccccc1)/C(=C/c1cccc([N+](=O)[O-])c1)c1ccccc1. The number of carbonyl (C=O) groups is 1. The summed E-state index contributed by atoms with van der Waals surface area (Å²) in [5, 5.41) is 14.0. The fourth-order valence-corrected chi connectivity index (χ4v) is 3.71. The normalized spacial score (nSPS) is 11.1. The maximum atomic E-state index is 12.9. The minimum Gasteiger partial charge on any atom is -0.351 e. The van der Waals surface area contributed by atoms with Crippen LogP contribution in [0.2, 0.25) is 0 Å². The third-order valence-corrected chi connectivity index (χ3v) is 5.40. The van der Waals surface area contributed by atoms with Crippen LogP contribution in [0.1, 0.15) is 16.7 Å². The van der Waals surface area contributed by atoms with Gasteiger partial charge in [0.25, 0.3) is 11.6 Å². The lowest BCUT2D eigenvalue weighted by atomic mass is 10.0. The average Bonchev–Trinajstić information content (AvgIpc) is 2.78. The lowest BCUT2D eigenvalue weighted by Gasteiger charge is -2.10. The van der Waals surface area contributed by atoms with Crippen molar-refractivity contribution in [3.8, 4) is 0 Å². The van der Waals surface area contributed by atoms with Crippen molar-refractivity contribution < 1.29 is 9.72 Å². The number of carbonyl (C=O) groups excluding carboxylic acids is 1. The fraction of sp³-hybridized carbons (Fsp3) is 0.125. The van der Waals surface area contributed by atoms with E-state index in [1.54, 1.807) is 30.0 Å². The molecule has 5 nitrogen and oxygen atoms in total. The second kappa shape index (κ2) is 11.0. The van der Waals surface area contributed by atoms with Gasteiger partial charge in [-0.2, -0.15) is 11.8 Å². The number of hydrogen-bond donors (Lipinski definition) is 1. The van der Waals surface area contributed by atoms with Gasteiger partial charge in [-0.3, -0.25) is 14.9 Å². The Kier molecular flexibility index (Phi) is 7.80. The average molecular weight is 419 g/mol. The van der Waals surface area contributed by atoms with Crippen molar-refractivity contribution in [2.75, 3.05) is 12.3 Å². The molecule has 0 atom stereocenters. The predicted octanol–water partition coefficient (Wildman–Crippen LogP) is 5.19.